The molecule has 130 valence electrons. The molecule has 1 amide bonds. The van der Waals surface area contributed by atoms with Gasteiger partial charge in [-0.25, -0.2) is 9.50 Å². The summed E-state index contributed by atoms with van der Waals surface area (Å²) in [5, 5.41) is 16.0. The van der Waals surface area contributed by atoms with E-state index >= 15 is 0 Å². The molecule has 0 saturated carbocycles. The zero-order valence-corrected chi connectivity index (χ0v) is 13.4. The van der Waals surface area contributed by atoms with E-state index < -0.39 is 17.8 Å². The van der Waals surface area contributed by atoms with Crippen LogP contribution in [0.4, 0.5) is 18.9 Å². The molecule has 0 aliphatic carbocycles. The van der Waals surface area contributed by atoms with Crippen LogP contribution in [0.3, 0.4) is 0 Å². The first-order valence-corrected chi connectivity index (χ1v) is 7.27. The number of carbonyl (C=O) groups is 1. The molecule has 25 heavy (non-hydrogen) atoms. The summed E-state index contributed by atoms with van der Waals surface area (Å²) in [6, 6.07) is 5.95. The number of phenols is 1. The molecule has 3 aromatic rings. The van der Waals surface area contributed by atoms with Crippen molar-refractivity contribution in [3.05, 3.63) is 52.4 Å². The van der Waals surface area contributed by atoms with Crippen molar-refractivity contribution in [1.82, 2.24) is 14.6 Å². The molecule has 0 atom stereocenters. The van der Waals surface area contributed by atoms with Crippen LogP contribution < -0.4 is 5.32 Å². The summed E-state index contributed by atoms with van der Waals surface area (Å²) >= 11 is 5.78. The summed E-state index contributed by atoms with van der Waals surface area (Å²) in [5.74, 6) is -1.06. The monoisotopic (exact) mass is 370 g/mol. The summed E-state index contributed by atoms with van der Waals surface area (Å²) in [4.78, 5) is 16.2. The molecule has 3 rings (SSSR count). The molecule has 10 heteroatoms. The zero-order chi connectivity index (χ0) is 18.4. The molecule has 0 spiro atoms. The maximum absolute atomic E-state index is 13.1. The van der Waals surface area contributed by atoms with Crippen LogP contribution >= 0.6 is 11.6 Å². The van der Waals surface area contributed by atoms with Gasteiger partial charge in [-0.05, 0) is 31.2 Å². The maximum Gasteiger partial charge on any atom is 0.433 e. The standard InChI is InChI=1S/C15H10ClF3N4O2/c1-7-4-12(15(17,18)19)23-13(20-7)6-10(22-23)14(25)21-9-5-8(16)2-3-11(9)24/h2-6,24H,1H3,(H,21,25). The van der Waals surface area contributed by atoms with Gasteiger partial charge in [0, 0.05) is 16.8 Å². The van der Waals surface area contributed by atoms with Crippen molar-refractivity contribution >= 4 is 28.8 Å². The van der Waals surface area contributed by atoms with Gasteiger partial charge in [-0.15, -0.1) is 0 Å². The number of alkyl halides is 3. The molecule has 0 radical (unpaired) electrons. The minimum atomic E-state index is -4.66. The van der Waals surface area contributed by atoms with E-state index in [9.17, 15) is 23.1 Å². The van der Waals surface area contributed by atoms with Gasteiger partial charge in [-0.1, -0.05) is 11.6 Å². The third-order valence-corrected chi connectivity index (χ3v) is 3.52. The molecule has 2 aromatic heterocycles. The van der Waals surface area contributed by atoms with Crippen molar-refractivity contribution in [3.63, 3.8) is 0 Å². The number of carbonyl (C=O) groups excluding carboxylic acids is 1. The lowest BCUT2D eigenvalue weighted by atomic mass is 10.3. The highest BCUT2D eigenvalue weighted by Crippen LogP contribution is 2.30. The van der Waals surface area contributed by atoms with E-state index in [1.807, 2.05) is 0 Å². The number of amides is 1. The van der Waals surface area contributed by atoms with Crippen LogP contribution in [0, 0.1) is 6.92 Å². The fraction of sp³-hybridized carbons (Fsp3) is 0.133. The van der Waals surface area contributed by atoms with E-state index in [0.717, 1.165) is 12.1 Å². The van der Waals surface area contributed by atoms with Crippen LogP contribution in [-0.4, -0.2) is 25.6 Å². The first-order chi connectivity index (χ1) is 11.6. The number of rotatable bonds is 2. The van der Waals surface area contributed by atoms with E-state index in [-0.39, 0.29) is 33.5 Å². The lowest BCUT2D eigenvalue weighted by Crippen LogP contribution is -2.15. The molecule has 6 nitrogen and oxygen atoms in total. The second kappa shape index (κ2) is 5.92. The first kappa shape index (κ1) is 17.0. The molecule has 2 heterocycles. The Bertz CT molecular complexity index is 985. The number of hydrogen-bond donors (Lipinski definition) is 2. The average molecular weight is 371 g/mol. The highest BCUT2D eigenvalue weighted by atomic mass is 35.5. The van der Waals surface area contributed by atoms with Gasteiger partial charge in [-0.2, -0.15) is 18.3 Å². The molecule has 0 bridgehead atoms. The first-order valence-electron chi connectivity index (χ1n) is 6.89. The number of hydrogen-bond acceptors (Lipinski definition) is 4. The predicted molar refractivity (Wildman–Crippen MR) is 83.8 cm³/mol. The van der Waals surface area contributed by atoms with Gasteiger partial charge in [0.2, 0.25) is 0 Å². The van der Waals surface area contributed by atoms with Crippen LogP contribution in [-0.2, 0) is 6.18 Å². The fourth-order valence-electron chi connectivity index (χ4n) is 2.21. The number of aromatic nitrogens is 3. The smallest absolute Gasteiger partial charge is 0.433 e. The van der Waals surface area contributed by atoms with E-state index in [1.165, 1.54) is 25.1 Å². The lowest BCUT2D eigenvalue weighted by molar-refractivity contribution is -0.142. The quantitative estimate of drug-likeness (QED) is 0.675. The van der Waals surface area contributed by atoms with Crippen molar-refractivity contribution in [1.29, 1.82) is 0 Å². The molecular weight excluding hydrogens is 361 g/mol. The number of halogens is 4. The predicted octanol–water partition coefficient (Wildman–Crippen LogP) is 3.67. The summed E-state index contributed by atoms with van der Waals surface area (Å²) in [6.07, 6.45) is -4.66. The normalized spacial score (nSPS) is 11.7. The zero-order valence-electron chi connectivity index (χ0n) is 12.6. The molecule has 2 N–H and O–H groups in total. The van der Waals surface area contributed by atoms with Crippen molar-refractivity contribution in [2.45, 2.75) is 13.1 Å². The molecule has 1 aromatic carbocycles. The van der Waals surface area contributed by atoms with Crippen LogP contribution in [0.15, 0.2) is 30.3 Å². The number of anilines is 1. The SMILES string of the molecule is Cc1cc(C(F)(F)F)n2nc(C(=O)Nc3cc(Cl)ccc3O)cc2n1. The summed E-state index contributed by atoms with van der Waals surface area (Å²) in [7, 11) is 0. The number of nitrogens with zero attached hydrogens (tertiary/aromatic N) is 3. The van der Waals surface area contributed by atoms with Crippen LogP contribution in [0.2, 0.25) is 5.02 Å². The van der Waals surface area contributed by atoms with Gasteiger partial charge in [0.05, 0.1) is 5.69 Å². The molecule has 0 aliphatic heterocycles. The number of fused-ring (bicyclic) bond motifs is 1. The van der Waals surface area contributed by atoms with Gasteiger partial charge >= 0.3 is 6.18 Å². The number of phenolic OH excluding ortho intramolecular Hbond substituents is 1. The number of nitrogens with one attached hydrogen (secondary N) is 1. The molecular formula is C15H10ClF3N4O2. The van der Waals surface area contributed by atoms with E-state index in [2.05, 4.69) is 15.4 Å². The van der Waals surface area contributed by atoms with E-state index in [4.69, 9.17) is 11.6 Å². The number of aromatic hydroxyl groups is 1. The second-order valence-corrected chi connectivity index (χ2v) is 5.63. The summed E-state index contributed by atoms with van der Waals surface area (Å²) in [5.41, 5.74) is -1.30. The Balaban J connectivity index is 2.02. The van der Waals surface area contributed by atoms with Crippen LogP contribution in [0.1, 0.15) is 21.9 Å². The maximum atomic E-state index is 13.1. The van der Waals surface area contributed by atoms with Gasteiger partial charge < -0.3 is 10.4 Å². The minimum Gasteiger partial charge on any atom is -0.506 e. The highest BCUT2D eigenvalue weighted by Gasteiger charge is 2.35. The van der Waals surface area contributed by atoms with Crippen LogP contribution in [0.25, 0.3) is 5.65 Å². The average Bonchev–Trinajstić information content (AvgIpc) is 2.92. The molecule has 0 unspecified atom stereocenters. The van der Waals surface area contributed by atoms with E-state index in [0.29, 0.717) is 4.52 Å². The number of benzene rings is 1. The molecule has 0 fully saturated rings. The lowest BCUT2D eigenvalue weighted by Gasteiger charge is -2.09. The minimum absolute atomic E-state index is 0.00902. The van der Waals surface area contributed by atoms with Gasteiger partial charge in [0.25, 0.3) is 5.91 Å². The highest BCUT2D eigenvalue weighted by molar-refractivity contribution is 6.31. The Morgan fingerprint density at radius 3 is 2.68 bits per heavy atom. The Kier molecular flexibility index (Phi) is 4.03. The van der Waals surface area contributed by atoms with E-state index in [1.54, 1.807) is 0 Å². The van der Waals surface area contributed by atoms with Crippen molar-refractivity contribution in [2.75, 3.05) is 5.32 Å². The van der Waals surface area contributed by atoms with Crippen molar-refractivity contribution < 1.29 is 23.1 Å². The third-order valence-electron chi connectivity index (χ3n) is 3.29. The third kappa shape index (κ3) is 3.36. The Morgan fingerprint density at radius 2 is 2.00 bits per heavy atom. The van der Waals surface area contributed by atoms with Gasteiger partial charge in [0.15, 0.2) is 11.3 Å². The Morgan fingerprint density at radius 1 is 1.28 bits per heavy atom. The summed E-state index contributed by atoms with van der Waals surface area (Å²) in [6.45, 7) is 1.41. The fourth-order valence-corrected chi connectivity index (χ4v) is 2.38. The Labute approximate surface area is 143 Å². The van der Waals surface area contributed by atoms with Crippen molar-refractivity contribution in [2.24, 2.45) is 0 Å². The van der Waals surface area contributed by atoms with Gasteiger partial charge in [-0.3, -0.25) is 4.79 Å². The summed E-state index contributed by atoms with van der Waals surface area (Å²) < 4.78 is 39.9. The molecule has 0 aliphatic rings. The van der Waals surface area contributed by atoms with Crippen molar-refractivity contribution in [3.8, 4) is 5.75 Å². The molecule has 0 saturated heterocycles. The van der Waals surface area contributed by atoms with Crippen LogP contribution in [0.5, 0.6) is 5.75 Å². The largest absolute Gasteiger partial charge is 0.506 e. The second-order valence-electron chi connectivity index (χ2n) is 5.20. The Hall–Kier alpha value is -2.81. The van der Waals surface area contributed by atoms with Gasteiger partial charge in [0.1, 0.15) is 11.4 Å². The number of aryl methyl sites for hydroxylation is 1. The topological polar surface area (TPSA) is 79.5 Å².